The van der Waals surface area contributed by atoms with E-state index in [1.807, 2.05) is 0 Å². The molecule has 20 heavy (non-hydrogen) atoms. The third kappa shape index (κ3) is 3.97. The fourth-order valence-corrected chi connectivity index (χ4v) is 3.58. The summed E-state index contributed by atoms with van der Waals surface area (Å²) in [5.41, 5.74) is 0. The van der Waals surface area contributed by atoms with Crippen molar-refractivity contribution in [1.82, 2.24) is 14.8 Å². The summed E-state index contributed by atoms with van der Waals surface area (Å²) < 4.78 is 2.06. The Bertz CT molecular complexity index is 414. The fraction of sp³-hybridized carbons (Fsp3) is 0.875. The number of alkyl halides is 1. The van der Waals surface area contributed by atoms with Crippen LogP contribution in [0.1, 0.15) is 52.8 Å². The second-order valence-corrected chi connectivity index (χ2v) is 7.61. The molecule has 0 N–H and O–H groups in total. The Balaban J connectivity index is 2.02. The van der Waals surface area contributed by atoms with Gasteiger partial charge in [0.1, 0.15) is 12.2 Å². The summed E-state index contributed by atoms with van der Waals surface area (Å²) in [5, 5.41) is 4.66. The minimum Gasteiger partial charge on any atom is -0.250 e. The van der Waals surface area contributed by atoms with E-state index in [1.165, 1.54) is 12.8 Å². The molecule has 0 bridgehead atoms. The Hall–Kier alpha value is -0.570. The molecule has 1 aliphatic carbocycles. The van der Waals surface area contributed by atoms with Crippen LogP contribution >= 0.6 is 11.6 Å². The first-order chi connectivity index (χ1) is 9.47. The third-order valence-corrected chi connectivity index (χ3v) is 5.13. The average molecular weight is 298 g/mol. The van der Waals surface area contributed by atoms with Crippen molar-refractivity contribution in [2.75, 3.05) is 0 Å². The van der Waals surface area contributed by atoms with Crippen LogP contribution in [0.4, 0.5) is 0 Å². The number of nitrogens with zero attached hydrogens (tertiary/aromatic N) is 3. The van der Waals surface area contributed by atoms with E-state index in [2.05, 4.69) is 42.5 Å². The molecule has 3 atom stereocenters. The van der Waals surface area contributed by atoms with E-state index >= 15 is 0 Å². The van der Waals surface area contributed by atoms with Gasteiger partial charge in [0, 0.05) is 18.3 Å². The summed E-state index contributed by atoms with van der Waals surface area (Å²) in [6, 6.07) is 0. The van der Waals surface area contributed by atoms with Crippen LogP contribution in [0, 0.1) is 23.7 Å². The molecule has 1 aromatic heterocycles. The summed E-state index contributed by atoms with van der Waals surface area (Å²) in [6.07, 6.45) is 6.32. The van der Waals surface area contributed by atoms with Crippen molar-refractivity contribution in [3.8, 4) is 0 Å². The molecule has 0 radical (unpaired) electrons. The van der Waals surface area contributed by atoms with Crippen molar-refractivity contribution in [2.24, 2.45) is 23.7 Å². The average Bonchev–Trinajstić information content (AvgIpc) is 2.78. The second-order valence-electron chi connectivity index (χ2n) is 7.05. The van der Waals surface area contributed by atoms with Gasteiger partial charge in [-0.3, -0.25) is 0 Å². The maximum Gasteiger partial charge on any atom is 0.138 e. The van der Waals surface area contributed by atoms with E-state index in [-0.39, 0.29) is 0 Å². The lowest BCUT2D eigenvalue weighted by atomic mass is 9.75. The minimum absolute atomic E-state index is 0.300. The highest BCUT2D eigenvalue weighted by Crippen LogP contribution is 2.37. The van der Waals surface area contributed by atoms with Gasteiger partial charge in [0.2, 0.25) is 0 Å². The van der Waals surface area contributed by atoms with Crippen LogP contribution < -0.4 is 0 Å². The van der Waals surface area contributed by atoms with Crippen molar-refractivity contribution in [2.45, 2.75) is 65.3 Å². The Morgan fingerprint density at radius 1 is 1.30 bits per heavy atom. The van der Waals surface area contributed by atoms with E-state index in [0.717, 1.165) is 37.0 Å². The van der Waals surface area contributed by atoms with Crippen molar-refractivity contribution in [3.63, 3.8) is 0 Å². The number of halogens is 1. The monoisotopic (exact) mass is 297 g/mol. The first-order valence-corrected chi connectivity index (χ1v) is 8.41. The lowest BCUT2D eigenvalue weighted by molar-refractivity contribution is 0.214. The maximum atomic E-state index is 6.57. The molecule has 114 valence electrons. The molecule has 4 heteroatoms. The van der Waals surface area contributed by atoms with Gasteiger partial charge >= 0.3 is 0 Å². The van der Waals surface area contributed by atoms with Gasteiger partial charge in [-0.15, -0.1) is 11.6 Å². The highest BCUT2D eigenvalue weighted by atomic mass is 35.5. The van der Waals surface area contributed by atoms with Crippen LogP contribution in [0.2, 0.25) is 0 Å². The SMILES string of the molecule is CC(C)Cn1ncnc1CC1CC(C(C)C)CCC1Cl. The molecule has 0 aromatic carbocycles. The normalized spacial score (nSPS) is 27.4. The van der Waals surface area contributed by atoms with E-state index in [4.69, 9.17) is 11.6 Å². The largest absolute Gasteiger partial charge is 0.250 e. The smallest absolute Gasteiger partial charge is 0.138 e. The lowest BCUT2D eigenvalue weighted by Gasteiger charge is -2.35. The van der Waals surface area contributed by atoms with Crippen LogP contribution in [0.3, 0.4) is 0 Å². The zero-order chi connectivity index (χ0) is 14.7. The van der Waals surface area contributed by atoms with Crippen molar-refractivity contribution in [3.05, 3.63) is 12.2 Å². The number of rotatable bonds is 5. The number of hydrogen-bond acceptors (Lipinski definition) is 2. The Morgan fingerprint density at radius 2 is 2.05 bits per heavy atom. The molecule has 1 fully saturated rings. The second kappa shape index (κ2) is 6.93. The topological polar surface area (TPSA) is 30.7 Å². The Morgan fingerprint density at radius 3 is 2.70 bits per heavy atom. The molecule has 3 nitrogen and oxygen atoms in total. The molecular formula is C16H28ClN3. The predicted molar refractivity (Wildman–Crippen MR) is 83.9 cm³/mol. The first kappa shape index (κ1) is 15.8. The zero-order valence-corrected chi connectivity index (χ0v) is 14.0. The highest BCUT2D eigenvalue weighted by molar-refractivity contribution is 6.20. The molecule has 0 saturated heterocycles. The molecule has 0 spiro atoms. The number of hydrogen-bond donors (Lipinski definition) is 0. The molecule has 0 amide bonds. The molecular weight excluding hydrogens is 270 g/mol. The van der Waals surface area contributed by atoms with E-state index < -0.39 is 0 Å². The van der Waals surface area contributed by atoms with Crippen molar-refractivity contribution >= 4 is 11.6 Å². The summed E-state index contributed by atoms with van der Waals surface area (Å²) >= 11 is 6.57. The van der Waals surface area contributed by atoms with E-state index in [9.17, 15) is 0 Å². The van der Waals surface area contributed by atoms with Gasteiger partial charge in [-0.1, -0.05) is 27.7 Å². The standard InChI is InChI=1S/C16H28ClN3/c1-11(2)9-20-16(18-10-19-20)8-14-7-13(12(3)4)5-6-15(14)17/h10-15H,5-9H2,1-4H3. The van der Waals surface area contributed by atoms with Crippen LogP contribution in [0.5, 0.6) is 0 Å². The Kier molecular flexibility index (Phi) is 5.48. The molecule has 2 rings (SSSR count). The summed E-state index contributed by atoms with van der Waals surface area (Å²) in [4.78, 5) is 4.46. The predicted octanol–water partition coefficient (Wildman–Crippen LogP) is 4.16. The lowest BCUT2D eigenvalue weighted by Crippen LogP contribution is -2.30. The summed E-state index contributed by atoms with van der Waals surface area (Å²) in [6.45, 7) is 10.0. The van der Waals surface area contributed by atoms with Crippen LogP contribution in [-0.4, -0.2) is 20.1 Å². The van der Waals surface area contributed by atoms with Gasteiger partial charge in [-0.25, -0.2) is 9.67 Å². The van der Waals surface area contributed by atoms with Gasteiger partial charge < -0.3 is 0 Å². The fourth-order valence-electron chi connectivity index (χ4n) is 3.26. The van der Waals surface area contributed by atoms with Crippen LogP contribution in [-0.2, 0) is 13.0 Å². The summed E-state index contributed by atoms with van der Waals surface area (Å²) in [5.74, 6) is 3.83. The Labute approximate surface area is 128 Å². The van der Waals surface area contributed by atoms with Crippen LogP contribution in [0.25, 0.3) is 0 Å². The zero-order valence-electron chi connectivity index (χ0n) is 13.2. The number of aromatic nitrogens is 3. The van der Waals surface area contributed by atoms with Crippen molar-refractivity contribution < 1.29 is 0 Å². The van der Waals surface area contributed by atoms with Gasteiger partial charge in [0.25, 0.3) is 0 Å². The van der Waals surface area contributed by atoms with Gasteiger partial charge in [0.15, 0.2) is 0 Å². The molecule has 0 aliphatic heterocycles. The molecule has 1 heterocycles. The molecule has 3 unspecified atom stereocenters. The molecule has 1 aromatic rings. The van der Waals surface area contributed by atoms with Crippen molar-refractivity contribution in [1.29, 1.82) is 0 Å². The van der Waals surface area contributed by atoms with E-state index in [1.54, 1.807) is 6.33 Å². The highest BCUT2D eigenvalue weighted by Gasteiger charge is 2.31. The maximum absolute atomic E-state index is 6.57. The molecule has 1 aliphatic rings. The van der Waals surface area contributed by atoms with Gasteiger partial charge in [0.05, 0.1) is 0 Å². The quantitative estimate of drug-likeness (QED) is 0.764. The van der Waals surface area contributed by atoms with Gasteiger partial charge in [-0.2, -0.15) is 5.10 Å². The minimum atomic E-state index is 0.300. The third-order valence-electron chi connectivity index (χ3n) is 4.55. The van der Waals surface area contributed by atoms with E-state index in [0.29, 0.717) is 17.2 Å². The van der Waals surface area contributed by atoms with Crippen LogP contribution in [0.15, 0.2) is 6.33 Å². The van der Waals surface area contributed by atoms with Gasteiger partial charge in [-0.05, 0) is 42.9 Å². The first-order valence-electron chi connectivity index (χ1n) is 7.98. The molecule has 1 saturated carbocycles. The summed E-state index contributed by atoms with van der Waals surface area (Å²) in [7, 11) is 0.